The van der Waals surface area contributed by atoms with Gasteiger partial charge in [-0.25, -0.2) is 9.97 Å². The molecule has 12 heteroatoms. The molecule has 0 aliphatic heterocycles. The SMILES string of the molecule is Cn1cc2nc1n(C)c1ncc([nH]1)n(C)c1cnc([nH]1)n(C)c1nc(cn1C)n2C. The molecule has 30 heavy (non-hydrogen) atoms. The van der Waals surface area contributed by atoms with Gasteiger partial charge in [0.2, 0.25) is 23.1 Å². The van der Waals surface area contributed by atoms with Crippen molar-refractivity contribution in [1.29, 1.82) is 0 Å². The first-order valence-corrected chi connectivity index (χ1v) is 9.45. The molecule has 5 aromatic rings. The van der Waals surface area contributed by atoms with Crippen molar-refractivity contribution in [2.45, 2.75) is 0 Å². The van der Waals surface area contributed by atoms with E-state index in [0.717, 1.165) is 34.1 Å². The van der Waals surface area contributed by atoms with Crippen LogP contribution in [-0.4, -0.2) is 57.3 Å². The molecule has 5 rings (SSSR count). The molecule has 0 aliphatic carbocycles. The van der Waals surface area contributed by atoms with Crippen LogP contribution < -0.4 is 0 Å². The van der Waals surface area contributed by atoms with E-state index in [1.54, 1.807) is 12.4 Å². The van der Waals surface area contributed by atoms with Gasteiger partial charge in [-0.15, -0.1) is 0 Å². The topological polar surface area (TPSA) is 113 Å². The van der Waals surface area contributed by atoms with Crippen LogP contribution in [0.1, 0.15) is 0 Å². The lowest BCUT2D eigenvalue weighted by atomic mass is 10.7. The summed E-state index contributed by atoms with van der Waals surface area (Å²) < 4.78 is 11.7. The number of aryl methyl sites for hydroxylation is 6. The second kappa shape index (κ2) is 6.27. The number of aromatic nitrogens is 12. The normalized spacial score (nSPS) is 11.7. The van der Waals surface area contributed by atoms with Gasteiger partial charge in [0.15, 0.2) is 11.3 Å². The van der Waals surface area contributed by atoms with Crippen LogP contribution in [0.5, 0.6) is 0 Å². The third-order valence-corrected chi connectivity index (χ3v) is 5.42. The fraction of sp³-hybridized carbons (Fsp3) is 0.333. The summed E-state index contributed by atoms with van der Waals surface area (Å²) in [6.07, 6.45) is 7.51. The first-order valence-electron chi connectivity index (χ1n) is 9.45. The number of hydrogen-bond donors (Lipinski definition) is 2. The fourth-order valence-electron chi connectivity index (χ4n) is 3.55. The van der Waals surface area contributed by atoms with Crippen molar-refractivity contribution in [2.24, 2.45) is 42.3 Å². The number of fused-ring (bicyclic) bond motifs is 8. The highest BCUT2D eigenvalue weighted by Gasteiger charge is 2.07. The van der Waals surface area contributed by atoms with Gasteiger partial charge in [-0.3, -0.25) is 9.13 Å². The largest absolute Gasteiger partial charge is 0.318 e. The number of aromatic amines is 2. The maximum atomic E-state index is 4.81. The number of hydrogen-bond acceptors (Lipinski definition) is 4. The van der Waals surface area contributed by atoms with E-state index in [-0.39, 0.29) is 0 Å². The molecule has 0 radical (unpaired) electrons. The van der Waals surface area contributed by atoms with Crippen molar-refractivity contribution >= 4 is 45.7 Å². The maximum absolute atomic E-state index is 4.81. The Hall–Kier alpha value is -3.96. The predicted octanol–water partition coefficient (Wildman–Crippen LogP) is 1.38. The molecule has 156 valence electrons. The summed E-state index contributed by atoms with van der Waals surface area (Å²) in [5.41, 5.74) is 3.21. The molecule has 12 nitrogen and oxygen atoms in total. The lowest BCUT2D eigenvalue weighted by Gasteiger charge is -2.00. The van der Waals surface area contributed by atoms with Crippen molar-refractivity contribution in [3.8, 4) is 0 Å². The lowest BCUT2D eigenvalue weighted by Crippen LogP contribution is -2.00. The molecule has 0 aliphatic rings. The van der Waals surface area contributed by atoms with Crippen molar-refractivity contribution in [3.63, 3.8) is 0 Å². The second-order valence-corrected chi connectivity index (χ2v) is 7.44. The van der Waals surface area contributed by atoms with Crippen LogP contribution in [0.25, 0.3) is 45.7 Å². The van der Waals surface area contributed by atoms with E-state index >= 15 is 0 Å². The number of imidazole rings is 4. The van der Waals surface area contributed by atoms with Crippen molar-refractivity contribution in [1.82, 2.24) is 57.3 Å². The first kappa shape index (κ1) is 18.1. The van der Waals surface area contributed by atoms with Crippen LogP contribution in [-0.2, 0) is 42.3 Å². The van der Waals surface area contributed by atoms with Gasteiger partial charge < -0.3 is 28.2 Å². The number of nitrogens with zero attached hydrogens (tertiary/aromatic N) is 10. The quantitative estimate of drug-likeness (QED) is 0.403. The Kier molecular flexibility index (Phi) is 3.78. The highest BCUT2D eigenvalue weighted by atomic mass is 15.3. The van der Waals surface area contributed by atoms with Crippen LogP contribution in [0.15, 0.2) is 24.8 Å². The maximum Gasteiger partial charge on any atom is 0.213 e. The molecule has 0 saturated heterocycles. The zero-order valence-corrected chi connectivity index (χ0v) is 17.8. The van der Waals surface area contributed by atoms with Gasteiger partial charge >= 0.3 is 0 Å². The van der Waals surface area contributed by atoms with Gasteiger partial charge in [0, 0.05) is 54.7 Å². The highest BCUT2D eigenvalue weighted by Crippen LogP contribution is 2.11. The second-order valence-electron chi connectivity index (χ2n) is 7.44. The molecule has 5 heterocycles. The summed E-state index contributed by atoms with van der Waals surface area (Å²) in [6, 6.07) is 0. The van der Waals surface area contributed by atoms with Gasteiger partial charge in [-0.2, -0.15) is 9.97 Å². The smallest absolute Gasteiger partial charge is 0.213 e. The van der Waals surface area contributed by atoms with Gasteiger partial charge in [-0.1, -0.05) is 0 Å². The van der Waals surface area contributed by atoms with E-state index in [4.69, 9.17) is 9.97 Å². The minimum atomic E-state index is 0.684. The summed E-state index contributed by atoms with van der Waals surface area (Å²) >= 11 is 0. The Balaban J connectivity index is 2.05. The van der Waals surface area contributed by atoms with E-state index in [2.05, 4.69) is 19.9 Å². The Morgan fingerprint density at radius 3 is 1.47 bits per heavy atom. The minimum absolute atomic E-state index is 0.684. The van der Waals surface area contributed by atoms with E-state index in [1.165, 1.54) is 0 Å². The van der Waals surface area contributed by atoms with Gasteiger partial charge in [0.05, 0.1) is 12.4 Å². The molecule has 0 amide bonds. The molecular weight excluding hydrogens is 384 g/mol. The fourth-order valence-corrected chi connectivity index (χ4v) is 3.55. The van der Waals surface area contributed by atoms with Crippen LogP contribution in [0.4, 0.5) is 0 Å². The summed E-state index contributed by atoms with van der Waals surface area (Å²) in [5.74, 6) is 2.88. The summed E-state index contributed by atoms with van der Waals surface area (Å²) in [6.45, 7) is 0. The van der Waals surface area contributed by atoms with E-state index < -0.39 is 0 Å². The van der Waals surface area contributed by atoms with Gasteiger partial charge in [0.1, 0.15) is 11.3 Å². The highest BCUT2D eigenvalue weighted by molar-refractivity contribution is 5.58. The molecule has 2 N–H and O–H groups in total. The van der Waals surface area contributed by atoms with Crippen LogP contribution in [0, 0.1) is 0 Å². The van der Waals surface area contributed by atoms with E-state index in [0.29, 0.717) is 11.6 Å². The summed E-state index contributed by atoms with van der Waals surface area (Å²) in [5, 5.41) is 0. The first-order chi connectivity index (χ1) is 14.3. The summed E-state index contributed by atoms with van der Waals surface area (Å²) in [7, 11) is 11.7. The van der Waals surface area contributed by atoms with Crippen LogP contribution in [0.2, 0.25) is 0 Å². The Morgan fingerprint density at radius 1 is 0.600 bits per heavy atom. The average molecular weight is 408 g/mol. The van der Waals surface area contributed by atoms with Gasteiger partial charge in [0.25, 0.3) is 0 Å². The predicted molar refractivity (Wildman–Crippen MR) is 114 cm³/mol. The van der Waals surface area contributed by atoms with E-state index in [9.17, 15) is 0 Å². The van der Waals surface area contributed by atoms with Crippen molar-refractivity contribution in [3.05, 3.63) is 24.8 Å². The molecule has 8 bridgehead atoms. The number of nitrogens with one attached hydrogen (secondary N) is 2. The number of H-pyrrole nitrogens is 2. The molecular formula is C18H24N12. The molecule has 0 aromatic carbocycles. The monoisotopic (exact) mass is 408 g/mol. The third kappa shape index (κ3) is 2.60. The minimum Gasteiger partial charge on any atom is -0.318 e. The molecule has 0 unspecified atom stereocenters. The third-order valence-electron chi connectivity index (χ3n) is 5.42. The summed E-state index contributed by atoms with van der Waals surface area (Å²) in [4.78, 5) is 25.4. The number of rotatable bonds is 0. The molecule has 0 saturated carbocycles. The average Bonchev–Trinajstić information content (AvgIpc) is 3.50. The van der Waals surface area contributed by atoms with E-state index in [1.807, 2.05) is 82.1 Å². The standard InChI is InChI=1S/C18H24N12/c1-25-9-13-23-17(25)29(5)15-19-7-11(21-15)27(3)12-8-20-16(22-12)30(6)18-24-14(28(13)4)10-26(18)2/h7-10H,1-6H3,(H,19,21)(H,20,22). The Labute approximate surface area is 170 Å². The molecule has 5 aromatic heterocycles. The lowest BCUT2D eigenvalue weighted by molar-refractivity contribution is 0.844. The zero-order valence-electron chi connectivity index (χ0n) is 17.8. The molecule has 0 spiro atoms. The Bertz CT molecular complexity index is 1450. The van der Waals surface area contributed by atoms with Gasteiger partial charge in [-0.05, 0) is 0 Å². The van der Waals surface area contributed by atoms with Crippen molar-refractivity contribution in [2.75, 3.05) is 0 Å². The Morgan fingerprint density at radius 2 is 1.03 bits per heavy atom. The van der Waals surface area contributed by atoms with Crippen LogP contribution in [0.3, 0.4) is 0 Å². The molecule has 0 atom stereocenters. The zero-order chi connectivity index (χ0) is 21.2. The van der Waals surface area contributed by atoms with Crippen LogP contribution >= 0.6 is 0 Å². The van der Waals surface area contributed by atoms with Crippen molar-refractivity contribution < 1.29 is 0 Å². The molecule has 0 fully saturated rings.